The third kappa shape index (κ3) is 4.47. The van der Waals surface area contributed by atoms with Crippen LogP contribution in [0.2, 0.25) is 0 Å². The van der Waals surface area contributed by atoms with Crippen LogP contribution in [0.1, 0.15) is 85.1 Å². The second-order valence-electron chi connectivity index (χ2n) is 11.1. The lowest BCUT2D eigenvalue weighted by Gasteiger charge is -2.29. The van der Waals surface area contributed by atoms with Crippen LogP contribution in [0.5, 0.6) is 0 Å². The maximum absolute atomic E-state index is 5.29. The standard InChI is InChI=1S/C30H36N8/c1-17(2)27-28(24-15-38-30(34-16-35-38)20(5)19(24)4)37-26-11-10-25(36-29(26)27)21-6-8-22(9-7-21)33-14-23-13-31-18(3)12-32-23/h10-13,15-17,21-22,33,37H,6-9,14H2,1-5H3. The molecule has 6 rings (SSSR count). The van der Waals surface area contributed by atoms with Crippen LogP contribution in [0.3, 0.4) is 0 Å². The molecule has 38 heavy (non-hydrogen) atoms. The summed E-state index contributed by atoms with van der Waals surface area (Å²) < 4.78 is 1.88. The summed E-state index contributed by atoms with van der Waals surface area (Å²) in [7, 11) is 0. The summed E-state index contributed by atoms with van der Waals surface area (Å²) in [6.07, 6.45) is 12.0. The number of aryl methyl sites for hydroxylation is 2. The highest BCUT2D eigenvalue weighted by Crippen LogP contribution is 2.39. The second kappa shape index (κ2) is 9.91. The van der Waals surface area contributed by atoms with Gasteiger partial charge in [0.2, 0.25) is 0 Å². The molecule has 1 saturated carbocycles. The van der Waals surface area contributed by atoms with E-state index in [1.54, 1.807) is 6.33 Å². The first-order valence-electron chi connectivity index (χ1n) is 13.7. The van der Waals surface area contributed by atoms with Crippen molar-refractivity contribution in [3.05, 3.63) is 70.8 Å². The predicted molar refractivity (Wildman–Crippen MR) is 150 cm³/mol. The van der Waals surface area contributed by atoms with Gasteiger partial charge in [-0.3, -0.25) is 15.0 Å². The number of H-pyrrole nitrogens is 1. The van der Waals surface area contributed by atoms with Gasteiger partial charge in [-0.25, -0.2) is 9.50 Å². The molecule has 0 amide bonds. The van der Waals surface area contributed by atoms with Gasteiger partial charge in [0, 0.05) is 53.9 Å². The van der Waals surface area contributed by atoms with Gasteiger partial charge in [0.25, 0.3) is 0 Å². The summed E-state index contributed by atoms with van der Waals surface area (Å²) in [5.74, 6) is 0.822. The van der Waals surface area contributed by atoms with Crippen LogP contribution in [-0.4, -0.2) is 40.6 Å². The van der Waals surface area contributed by atoms with Crippen molar-refractivity contribution in [1.29, 1.82) is 0 Å². The molecule has 0 aromatic carbocycles. The monoisotopic (exact) mass is 508 g/mol. The Labute approximate surface area is 223 Å². The Morgan fingerprint density at radius 1 is 1.00 bits per heavy atom. The molecular weight excluding hydrogens is 472 g/mol. The van der Waals surface area contributed by atoms with Crippen molar-refractivity contribution in [3.8, 4) is 11.3 Å². The van der Waals surface area contributed by atoms with Gasteiger partial charge in [0.05, 0.1) is 28.1 Å². The van der Waals surface area contributed by atoms with E-state index in [-0.39, 0.29) is 0 Å². The molecule has 0 aliphatic heterocycles. The number of aromatic amines is 1. The van der Waals surface area contributed by atoms with Gasteiger partial charge in [-0.05, 0) is 75.6 Å². The van der Waals surface area contributed by atoms with E-state index in [9.17, 15) is 0 Å². The summed E-state index contributed by atoms with van der Waals surface area (Å²) in [5, 5.41) is 8.10. The first kappa shape index (κ1) is 24.7. The molecule has 2 N–H and O–H groups in total. The maximum atomic E-state index is 5.29. The van der Waals surface area contributed by atoms with Crippen LogP contribution >= 0.6 is 0 Å². The average Bonchev–Trinajstić information content (AvgIpc) is 3.55. The van der Waals surface area contributed by atoms with E-state index in [1.165, 1.54) is 16.8 Å². The van der Waals surface area contributed by atoms with E-state index in [4.69, 9.17) is 4.98 Å². The van der Waals surface area contributed by atoms with Crippen molar-refractivity contribution in [2.75, 3.05) is 0 Å². The Hall–Kier alpha value is -3.65. The van der Waals surface area contributed by atoms with Crippen molar-refractivity contribution in [1.82, 2.24) is 39.9 Å². The van der Waals surface area contributed by atoms with Crippen molar-refractivity contribution in [3.63, 3.8) is 0 Å². The average molecular weight is 509 g/mol. The fourth-order valence-electron chi connectivity index (χ4n) is 5.91. The lowest BCUT2D eigenvalue weighted by Crippen LogP contribution is -2.32. The van der Waals surface area contributed by atoms with Gasteiger partial charge < -0.3 is 10.3 Å². The SMILES string of the molecule is Cc1cnc(CNC2CCC(c3ccc4[nH]c(-c5cn6ncnc6c(C)c5C)c(C(C)C)c4n3)CC2)cn1. The fourth-order valence-corrected chi connectivity index (χ4v) is 5.91. The highest BCUT2D eigenvalue weighted by Gasteiger charge is 2.25. The minimum absolute atomic E-state index is 0.331. The molecule has 1 aliphatic rings. The highest BCUT2D eigenvalue weighted by atomic mass is 15.3. The summed E-state index contributed by atoms with van der Waals surface area (Å²) in [6.45, 7) is 11.5. The molecule has 5 heterocycles. The van der Waals surface area contributed by atoms with E-state index in [0.717, 1.165) is 77.1 Å². The zero-order valence-electron chi connectivity index (χ0n) is 22.9. The molecule has 0 saturated heterocycles. The van der Waals surface area contributed by atoms with Crippen molar-refractivity contribution >= 4 is 16.7 Å². The largest absolute Gasteiger partial charge is 0.353 e. The lowest BCUT2D eigenvalue weighted by molar-refractivity contribution is 0.337. The summed E-state index contributed by atoms with van der Waals surface area (Å²) in [6, 6.07) is 4.97. The fraction of sp³-hybridized carbons (Fsp3) is 0.433. The van der Waals surface area contributed by atoms with Crippen LogP contribution in [0.15, 0.2) is 37.1 Å². The first-order valence-corrected chi connectivity index (χ1v) is 13.7. The second-order valence-corrected chi connectivity index (χ2v) is 11.1. The predicted octanol–water partition coefficient (Wildman–Crippen LogP) is 5.93. The van der Waals surface area contributed by atoms with E-state index in [1.807, 2.05) is 23.8 Å². The molecule has 5 aromatic heterocycles. The molecule has 0 radical (unpaired) electrons. The van der Waals surface area contributed by atoms with Gasteiger partial charge in [-0.1, -0.05) is 13.8 Å². The van der Waals surface area contributed by atoms with Gasteiger partial charge in [-0.15, -0.1) is 0 Å². The third-order valence-corrected chi connectivity index (χ3v) is 8.23. The molecule has 196 valence electrons. The number of hydrogen-bond donors (Lipinski definition) is 2. The molecule has 1 fully saturated rings. The van der Waals surface area contributed by atoms with Crippen LogP contribution < -0.4 is 5.32 Å². The molecule has 8 heteroatoms. The van der Waals surface area contributed by atoms with Crippen molar-refractivity contribution < 1.29 is 0 Å². The van der Waals surface area contributed by atoms with E-state index in [0.29, 0.717) is 17.9 Å². The number of hydrogen-bond acceptors (Lipinski definition) is 6. The molecule has 0 spiro atoms. The number of aromatic nitrogens is 7. The molecule has 5 aromatic rings. The number of rotatable bonds is 6. The summed E-state index contributed by atoms with van der Waals surface area (Å²) in [5.41, 5.74) is 12.2. The topological polar surface area (TPSA) is 96.7 Å². The smallest absolute Gasteiger partial charge is 0.158 e. The Balaban J connectivity index is 1.25. The minimum atomic E-state index is 0.331. The van der Waals surface area contributed by atoms with Crippen LogP contribution in [-0.2, 0) is 6.54 Å². The summed E-state index contributed by atoms with van der Waals surface area (Å²) in [4.78, 5) is 22.3. The van der Waals surface area contributed by atoms with E-state index in [2.05, 4.69) is 76.4 Å². The quantitative estimate of drug-likeness (QED) is 0.295. The van der Waals surface area contributed by atoms with E-state index >= 15 is 0 Å². The number of fused-ring (bicyclic) bond motifs is 2. The molecule has 8 nitrogen and oxygen atoms in total. The minimum Gasteiger partial charge on any atom is -0.353 e. The van der Waals surface area contributed by atoms with Crippen LogP contribution in [0, 0.1) is 20.8 Å². The Morgan fingerprint density at radius 3 is 2.55 bits per heavy atom. The normalized spacial score (nSPS) is 18.2. The molecule has 0 bridgehead atoms. The number of pyridine rings is 2. The van der Waals surface area contributed by atoms with Gasteiger partial charge >= 0.3 is 0 Å². The number of nitrogens with zero attached hydrogens (tertiary/aromatic N) is 6. The number of nitrogens with one attached hydrogen (secondary N) is 2. The van der Waals surface area contributed by atoms with Gasteiger partial charge in [0.15, 0.2) is 5.65 Å². The maximum Gasteiger partial charge on any atom is 0.158 e. The summed E-state index contributed by atoms with van der Waals surface area (Å²) >= 11 is 0. The third-order valence-electron chi connectivity index (χ3n) is 8.23. The Morgan fingerprint density at radius 2 is 1.82 bits per heavy atom. The molecule has 0 atom stereocenters. The van der Waals surface area contributed by atoms with Crippen LogP contribution in [0.4, 0.5) is 0 Å². The van der Waals surface area contributed by atoms with Gasteiger partial charge in [-0.2, -0.15) is 5.10 Å². The van der Waals surface area contributed by atoms with E-state index < -0.39 is 0 Å². The van der Waals surface area contributed by atoms with Crippen molar-refractivity contribution in [2.45, 2.75) is 84.7 Å². The zero-order chi connectivity index (χ0) is 26.4. The van der Waals surface area contributed by atoms with Crippen molar-refractivity contribution in [2.24, 2.45) is 0 Å². The van der Waals surface area contributed by atoms with Gasteiger partial charge in [0.1, 0.15) is 6.33 Å². The Bertz CT molecular complexity index is 1590. The Kier molecular flexibility index (Phi) is 6.43. The highest BCUT2D eigenvalue weighted by molar-refractivity contribution is 5.89. The molecule has 0 unspecified atom stereocenters. The zero-order valence-corrected chi connectivity index (χ0v) is 22.9. The van der Waals surface area contributed by atoms with Crippen LogP contribution in [0.25, 0.3) is 27.9 Å². The first-order chi connectivity index (χ1) is 18.4. The molecular formula is C30H36N8. The lowest BCUT2D eigenvalue weighted by atomic mass is 9.83. The molecule has 1 aliphatic carbocycles.